The SMILES string of the molecule is CC(=O)c1cccc(NC(=O)N2CCN(C3CCCC3)CC2)c1. The molecule has 0 bridgehead atoms. The van der Waals surface area contributed by atoms with E-state index >= 15 is 0 Å². The molecular formula is C18H25N3O2. The predicted molar refractivity (Wildman–Crippen MR) is 90.9 cm³/mol. The number of carbonyl (C=O) groups is 2. The zero-order valence-corrected chi connectivity index (χ0v) is 13.8. The lowest BCUT2D eigenvalue weighted by molar-refractivity contribution is 0.101. The van der Waals surface area contributed by atoms with Crippen LogP contribution in [0, 0.1) is 0 Å². The van der Waals surface area contributed by atoms with Crippen LogP contribution >= 0.6 is 0 Å². The third-order valence-electron chi connectivity index (χ3n) is 4.96. The van der Waals surface area contributed by atoms with Gasteiger partial charge >= 0.3 is 6.03 Å². The van der Waals surface area contributed by atoms with Crippen molar-refractivity contribution in [2.75, 3.05) is 31.5 Å². The van der Waals surface area contributed by atoms with Gasteiger partial charge in [0.15, 0.2) is 5.78 Å². The van der Waals surface area contributed by atoms with Crippen LogP contribution in [0.25, 0.3) is 0 Å². The van der Waals surface area contributed by atoms with Crippen LogP contribution in [-0.4, -0.2) is 53.8 Å². The molecule has 0 atom stereocenters. The van der Waals surface area contributed by atoms with Crippen LogP contribution in [0.5, 0.6) is 0 Å². The molecule has 5 heteroatoms. The van der Waals surface area contributed by atoms with Gasteiger partial charge in [0.2, 0.25) is 0 Å². The van der Waals surface area contributed by atoms with Crippen molar-refractivity contribution in [3.05, 3.63) is 29.8 Å². The van der Waals surface area contributed by atoms with Crippen molar-refractivity contribution >= 4 is 17.5 Å². The molecular weight excluding hydrogens is 290 g/mol. The summed E-state index contributed by atoms with van der Waals surface area (Å²) in [5, 5.41) is 2.91. The van der Waals surface area contributed by atoms with E-state index in [9.17, 15) is 9.59 Å². The predicted octanol–water partition coefficient (Wildman–Crippen LogP) is 2.98. The van der Waals surface area contributed by atoms with Crippen LogP contribution in [0.1, 0.15) is 43.0 Å². The number of anilines is 1. The third kappa shape index (κ3) is 3.91. The third-order valence-corrected chi connectivity index (χ3v) is 4.96. The van der Waals surface area contributed by atoms with Crippen molar-refractivity contribution in [3.8, 4) is 0 Å². The van der Waals surface area contributed by atoms with Gasteiger partial charge in [-0.05, 0) is 31.9 Å². The van der Waals surface area contributed by atoms with Gasteiger partial charge in [0.1, 0.15) is 0 Å². The van der Waals surface area contributed by atoms with Crippen molar-refractivity contribution in [1.29, 1.82) is 0 Å². The molecule has 1 aliphatic carbocycles. The van der Waals surface area contributed by atoms with Gasteiger partial charge < -0.3 is 10.2 Å². The van der Waals surface area contributed by atoms with E-state index in [2.05, 4.69) is 10.2 Å². The van der Waals surface area contributed by atoms with Gasteiger partial charge in [-0.3, -0.25) is 9.69 Å². The van der Waals surface area contributed by atoms with Gasteiger partial charge in [-0.2, -0.15) is 0 Å². The second-order valence-electron chi connectivity index (χ2n) is 6.53. The van der Waals surface area contributed by atoms with Gasteiger partial charge in [-0.1, -0.05) is 25.0 Å². The molecule has 0 spiro atoms. The maximum Gasteiger partial charge on any atom is 0.321 e. The van der Waals surface area contributed by atoms with E-state index in [-0.39, 0.29) is 11.8 Å². The zero-order chi connectivity index (χ0) is 16.2. The van der Waals surface area contributed by atoms with Crippen LogP contribution in [-0.2, 0) is 0 Å². The number of piperazine rings is 1. The fourth-order valence-electron chi connectivity index (χ4n) is 3.58. The van der Waals surface area contributed by atoms with Crippen LogP contribution < -0.4 is 5.32 Å². The topological polar surface area (TPSA) is 52.7 Å². The summed E-state index contributed by atoms with van der Waals surface area (Å²) in [6.07, 6.45) is 5.31. The first-order valence-electron chi connectivity index (χ1n) is 8.54. The lowest BCUT2D eigenvalue weighted by Gasteiger charge is -2.38. The molecule has 1 aromatic rings. The average Bonchev–Trinajstić information content (AvgIpc) is 3.09. The molecule has 3 rings (SSSR count). The molecule has 2 fully saturated rings. The van der Waals surface area contributed by atoms with E-state index in [1.165, 1.54) is 32.6 Å². The summed E-state index contributed by atoms with van der Waals surface area (Å²) in [5.41, 5.74) is 1.30. The van der Waals surface area contributed by atoms with Crippen molar-refractivity contribution < 1.29 is 9.59 Å². The molecule has 1 heterocycles. The smallest absolute Gasteiger partial charge is 0.321 e. The van der Waals surface area contributed by atoms with Crippen LogP contribution in [0.15, 0.2) is 24.3 Å². The Labute approximate surface area is 137 Å². The zero-order valence-electron chi connectivity index (χ0n) is 13.8. The van der Waals surface area contributed by atoms with E-state index < -0.39 is 0 Å². The van der Waals surface area contributed by atoms with Crippen molar-refractivity contribution in [2.45, 2.75) is 38.6 Å². The first-order valence-corrected chi connectivity index (χ1v) is 8.54. The monoisotopic (exact) mass is 315 g/mol. The number of nitrogens with zero attached hydrogens (tertiary/aromatic N) is 2. The number of carbonyl (C=O) groups excluding carboxylic acids is 2. The van der Waals surface area contributed by atoms with E-state index in [4.69, 9.17) is 0 Å². The Morgan fingerprint density at radius 3 is 2.43 bits per heavy atom. The molecule has 1 N–H and O–H groups in total. The molecule has 1 saturated heterocycles. The maximum absolute atomic E-state index is 12.4. The highest BCUT2D eigenvalue weighted by molar-refractivity contribution is 5.96. The summed E-state index contributed by atoms with van der Waals surface area (Å²) >= 11 is 0. The lowest BCUT2D eigenvalue weighted by Crippen LogP contribution is -2.52. The number of hydrogen-bond donors (Lipinski definition) is 1. The molecule has 0 unspecified atom stereocenters. The second kappa shape index (κ2) is 7.13. The maximum atomic E-state index is 12.4. The van der Waals surface area contributed by atoms with Crippen LogP contribution in [0.2, 0.25) is 0 Å². The Morgan fingerprint density at radius 2 is 1.78 bits per heavy atom. The van der Waals surface area contributed by atoms with E-state index in [0.29, 0.717) is 11.3 Å². The van der Waals surface area contributed by atoms with E-state index in [1.807, 2.05) is 11.0 Å². The first-order chi connectivity index (χ1) is 11.1. The van der Waals surface area contributed by atoms with Crippen molar-refractivity contribution in [1.82, 2.24) is 9.80 Å². The Morgan fingerprint density at radius 1 is 1.09 bits per heavy atom. The molecule has 2 amide bonds. The van der Waals surface area contributed by atoms with Gasteiger partial charge in [-0.15, -0.1) is 0 Å². The van der Waals surface area contributed by atoms with Crippen LogP contribution in [0.3, 0.4) is 0 Å². The molecule has 5 nitrogen and oxygen atoms in total. The Hall–Kier alpha value is -1.88. The number of ketones is 1. The van der Waals surface area contributed by atoms with E-state index in [0.717, 1.165) is 32.2 Å². The molecule has 23 heavy (non-hydrogen) atoms. The summed E-state index contributed by atoms with van der Waals surface area (Å²) in [6, 6.07) is 7.76. The lowest BCUT2D eigenvalue weighted by atomic mass is 10.1. The Balaban J connectivity index is 1.53. The van der Waals surface area contributed by atoms with Crippen molar-refractivity contribution in [2.24, 2.45) is 0 Å². The van der Waals surface area contributed by atoms with Gasteiger partial charge in [0.05, 0.1) is 0 Å². The molecule has 1 aliphatic heterocycles. The number of hydrogen-bond acceptors (Lipinski definition) is 3. The quantitative estimate of drug-likeness (QED) is 0.873. The highest BCUT2D eigenvalue weighted by Gasteiger charge is 2.27. The highest BCUT2D eigenvalue weighted by Crippen LogP contribution is 2.24. The Kier molecular flexibility index (Phi) is 4.96. The van der Waals surface area contributed by atoms with Gasteiger partial charge in [0, 0.05) is 43.5 Å². The largest absolute Gasteiger partial charge is 0.322 e. The summed E-state index contributed by atoms with van der Waals surface area (Å²) < 4.78 is 0. The molecule has 1 aromatic carbocycles. The summed E-state index contributed by atoms with van der Waals surface area (Å²) in [4.78, 5) is 28.2. The Bertz CT molecular complexity index is 573. The minimum atomic E-state index is -0.0724. The fraction of sp³-hybridized carbons (Fsp3) is 0.556. The fourth-order valence-corrected chi connectivity index (χ4v) is 3.58. The minimum absolute atomic E-state index is 0.00581. The number of amides is 2. The normalized spacial score (nSPS) is 19.8. The molecule has 2 aliphatic rings. The number of rotatable bonds is 3. The minimum Gasteiger partial charge on any atom is -0.322 e. The molecule has 1 saturated carbocycles. The number of urea groups is 1. The molecule has 0 aromatic heterocycles. The first kappa shape index (κ1) is 16.0. The summed E-state index contributed by atoms with van der Waals surface area (Å²) in [6.45, 7) is 5.00. The van der Waals surface area contributed by atoms with Gasteiger partial charge in [-0.25, -0.2) is 4.79 Å². The molecule has 0 radical (unpaired) electrons. The van der Waals surface area contributed by atoms with Crippen molar-refractivity contribution in [3.63, 3.8) is 0 Å². The highest BCUT2D eigenvalue weighted by atomic mass is 16.2. The molecule has 124 valence electrons. The number of benzene rings is 1. The second-order valence-corrected chi connectivity index (χ2v) is 6.53. The van der Waals surface area contributed by atoms with Gasteiger partial charge in [0.25, 0.3) is 0 Å². The average molecular weight is 315 g/mol. The number of nitrogens with one attached hydrogen (secondary N) is 1. The summed E-state index contributed by atoms with van der Waals surface area (Å²) in [7, 11) is 0. The number of Topliss-reactive ketones (excluding diaryl/α,β-unsaturated/α-hetero) is 1. The summed E-state index contributed by atoms with van der Waals surface area (Å²) in [5.74, 6) is 0.00581. The van der Waals surface area contributed by atoms with E-state index in [1.54, 1.807) is 18.2 Å². The standard InChI is InChI=1S/C18H25N3O2/c1-14(22)15-5-4-6-16(13-15)19-18(23)21-11-9-20(10-12-21)17-7-2-3-8-17/h4-6,13,17H,2-3,7-12H2,1H3,(H,19,23). The van der Waals surface area contributed by atoms with Crippen LogP contribution in [0.4, 0.5) is 10.5 Å².